The van der Waals surface area contributed by atoms with Gasteiger partial charge in [0.05, 0.1) is 44.7 Å². The molecule has 1 aliphatic rings. The van der Waals surface area contributed by atoms with Gasteiger partial charge < -0.3 is 19.9 Å². The van der Waals surface area contributed by atoms with Gasteiger partial charge >= 0.3 is 0 Å². The van der Waals surface area contributed by atoms with E-state index in [4.69, 9.17) is 4.74 Å². The molecule has 0 saturated carbocycles. The van der Waals surface area contributed by atoms with Crippen LogP contribution < -0.4 is 19.9 Å². The van der Waals surface area contributed by atoms with Crippen molar-refractivity contribution >= 4 is 33.2 Å². The molecule has 2 aromatic carbocycles. The fourth-order valence-corrected chi connectivity index (χ4v) is 3.50. The molecular formula is C19H23BrN3O2+. The van der Waals surface area contributed by atoms with E-state index in [1.807, 2.05) is 42.5 Å². The molecule has 0 atom stereocenters. The highest BCUT2D eigenvalue weighted by Crippen LogP contribution is 2.27. The normalized spacial score (nSPS) is 15.0. The first-order chi connectivity index (χ1) is 12.2. The molecule has 0 aliphatic carbocycles. The van der Waals surface area contributed by atoms with Crippen molar-refractivity contribution in [2.45, 2.75) is 0 Å². The molecule has 132 valence electrons. The lowest BCUT2D eigenvalue weighted by molar-refractivity contribution is -0.892. The molecule has 2 aromatic rings. The van der Waals surface area contributed by atoms with Gasteiger partial charge in [-0.25, -0.2) is 0 Å². The zero-order valence-electron chi connectivity index (χ0n) is 14.3. The van der Waals surface area contributed by atoms with Gasteiger partial charge in [-0.1, -0.05) is 24.3 Å². The molecule has 0 spiro atoms. The van der Waals surface area contributed by atoms with Gasteiger partial charge in [0.2, 0.25) is 0 Å². The third kappa shape index (κ3) is 4.52. The highest BCUT2D eigenvalue weighted by molar-refractivity contribution is 9.10. The standard InChI is InChI=1S/C19H22BrN3O2/c1-25-18-9-5-4-8-17(18)23-12-10-22(11-13-23)14-19(24)21-16-7-3-2-6-15(16)20/h2-9H,10-14H2,1H3,(H,21,24)/p+1. The number of para-hydroxylation sites is 3. The van der Waals surface area contributed by atoms with Gasteiger partial charge in [-0.15, -0.1) is 0 Å². The number of hydrogen-bond donors (Lipinski definition) is 2. The Bertz CT molecular complexity index is 730. The van der Waals surface area contributed by atoms with Crippen molar-refractivity contribution in [2.75, 3.05) is 50.1 Å². The van der Waals surface area contributed by atoms with E-state index in [9.17, 15) is 4.79 Å². The Hall–Kier alpha value is -2.05. The summed E-state index contributed by atoms with van der Waals surface area (Å²) in [5.74, 6) is 0.949. The summed E-state index contributed by atoms with van der Waals surface area (Å²) in [4.78, 5) is 15.9. The van der Waals surface area contributed by atoms with Gasteiger partial charge in [0.15, 0.2) is 6.54 Å². The largest absolute Gasteiger partial charge is 0.495 e. The zero-order valence-corrected chi connectivity index (χ0v) is 15.9. The van der Waals surface area contributed by atoms with E-state index < -0.39 is 0 Å². The van der Waals surface area contributed by atoms with Crippen molar-refractivity contribution in [3.05, 3.63) is 53.0 Å². The molecular weight excluding hydrogens is 382 g/mol. The summed E-state index contributed by atoms with van der Waals surface area (Å²) in [5.41, 5.74) is 1.95. The fraction of sp³-hybridized carbons (Fsp3) is 0.316. The topological polar surface area (TPSA) is 46.0 Å². The second kappa shape index (κ2) is 8.36. The Labute approximate surface area is 156 Å². The lowest BCUT2D eigenvalue weighted by atomic mass is 10.2. The number of quaternary nitrogens is 1. The molecule has 1 amide bonds. The quantitative estimate of drug-likeness (QED) is 0.798. The molecule has 3 rings (SSSR count). The maximum atomic E-state index is 12.3. The van der Waals surface area contributed by atoms with Crippen LogP contribution in [0.1, 0.15) is 0 Å². The number of ether oxygens (including phenoxy) is 1. The van der Waals surface area contributed by atoms with Crippen molar-refractivity contribution in [1.29, 1.82) is 0 Å². The predicted octanol–water partition coefficient (Wildman–Crippen LogP) is 1.80. The van der Waals surface area contributed by atoms with Crippen molar-refractivity contribution < 1.29 is 14.4 Å². The Morgan fingerprint density at radius 3 is 2.56 bits per heavy atom. The number of anilines is 2. The number of amides is 1. The number of rotatable bonds is 5. The third-order valence-electron chi connectivity index (χ3n) is 4.45. The number of methoxy groups -OCH3 is 1. The second-order valence-corrected chi connectivity index (χ2v) is 6.97. The number of hydrogen-bond acceptors (Lipinski definition) is 3. The summed E-state index contributed by atoms with van der Waals surface area (Å²) in [7, 11) is 1.70. The summed E-state index contributed by atoms with van der Waals surface area (Å²) in [6.45, 7) is 4.18. The minimum Gasteiger partial charge on any atom is -0.495 e. The minimum absolute atomic E-state index is 0.0487. The number of nitrogens with one attached hydrogen (secondary N) is 2. The second-order valence-electron chi connectivity index (χ2n) is 6.11. The Balaban J connectivity index is 1.52. The van der Waals surface area contributed by atoms with Crippen LogP contribution in [0.25, 0.3) is 0 Å². The summed E-state index contributed by atoms with van der Waals surface area (Å²) in [6.07, 6.45) is 0. The number of carbonyl (C=O) groups is 1. The van der Waals surface area contributed by atoms with Crippen molar-refractivity contribution in [1.82, 2.24) is 0 Å². The van der Waals surface area contributed by atoms with Crippen LogP contribution in [0.3, 0.4) is 0 Å². The first-order valence-electron chi connectivity index (χ1n) is 8.43. The van der Waals surface area contributed by atoms with Crippen LogP contribution in [0.15, 0.2) is 53.0 Å². The van der Waals surface area contributed by atoms with Crippen molar-refractivity contribution in [3.63, 3.8) is 0 Å². The van der Waals surface area contributed by atoms with E-state index in [1.54, 1.807) is 7.11 Å². The Morgan fingerprint density at radius 1 is 1.16 bits per heavy atom. The molecule has 0 bridgehead atoms. The molecule has 1 saturated heterocycles. The molecule has 0 unspecified atom stereocenters. The molecule has 0 aromatic heterocycles. The van der Waals surface area contributed by atoms with Gasteiger partial charge in [-0.2, -0.15) is 0 Å². The zero-order chi connectivity index (χ0) is 17.6. The summed E-state index contributed by atoms with van der Waals surface area (Å²) < 4.78 is 6.35. The summed E-state index contributed by atoms with van der Waals surface area (Å²) in [5, 5.41) is 2.98. The lowest BCUT2D eigenvalue weighted by Crippen LogP contribution is -3.15. The average Bonchev–Trinajstić information content (AvgIpc) is 2.64. The summed E-state index contributed by atoms with van der Waals surface area (Å²) in [6, 6.07) is 15.8. The average molecular weight is 405 g/mol. The lowest BCUT2D eigenvalue weighted by Gasteiger charge is -2.34. The summed E-state index contributed by atoms with van der Waals surface area (Å²) >= 11 is 3.46. The SMILES string of the molecule is COc1ccccc1N1CC[NH+](CC(=O)Nc2ccccc2Br)CC1. The smallest absolute Gasteiger partial charge is 0.279 e. The minimum atomic E-state index is 0.0487. The number of nitrogens with zero attached hydrogens (tertiary/aromatic N) is 1. The molecule has 1 aliphatic heterocycles. The molecule has 5 nitrogen and oxygen atoms in total. The van der Waals surface area contributed by atoms with Gasteiger partial charge in [0, 0.05) is 4.47 Å². The van der Waals surface area contributed by atoms with E-state index in [-0.39, 0.29) is 5.91 Å². The first-order valence-corrected chi connectivity index (χ1v) is 9.22. The van der Waals surface area contributed by atoms with Crippen LogP contribution in [-0.2, 0) is 4.79 Å². The van der Waals surface area contributed by atoms with E-state index in [0.29, 0.717) is 6.54 Å². The van der Waals surface area contributed by atoms with Crippen LogP contribution in [0.4, 0.5) is 11.4 Å². The Kier molecular flexibility index (Phi) is 5.94. The van der Waals surface area contributed by atoms with Gasteiger partial charge in [0.25, 0.3) is 5.91 Å². The number of benzene rings is 2. The third-order valence-corrected chi connectivity index (χ3v) is 5.15. The van der Waals surface area contributed by atoms with Crippen LogP contribution in [0, 0.1) is 0 Å². The molecule has 1 fully saturated rings. The highest BCUT2D eigenvalue weighted by Gasteiger charge is 2.24. The van der Waals surface area contributed by atoms with Crippen molar-refractivity contribution in [3.8, 4) is 5.75 Å². The van der Waals surface area contributed by atoms with Crippen LogP contribution in [0.5, 0.6) is 5.75 Å². The van der Waals surface area contributed by atoms with Gasteiger partial charge in [-0.3, -0.25) is 4.79 Å². The predicted molar refractivity (Wildman–Crippen MR) is 104 cm³/mol. The van der Waals surface area contributed by atoms with E-state index >= 15 is 0 Å². The van der Waals surface area contributed by atoms with Gasteiger partial charge in [-0.05, 0) is 40.2 Å². The van der Waals surface area contributed by atoms with E-state index in [1.165, 1.54) is 4.90 Å². The van der Waals surface area contributed by atoms with Crippen LogP contribution in [-0.4, -0.2) is 45.7 Å². The number of halogens is 1. The molecule has 0 radical (unpaired) electrons. The number of carbonyl (C=O) groups excluding carboxylic acids is 1. The number of piperazine rings is 1. The molecule has 2 N–H and O–H groups in total. The van der Waals surface area contributed by atoms with Crippen LogP contribution >= 0.6 is 15.9 Å². The molecule has 1 heterocycles. The van der Waals surface area contributed by atoms with Crippen molar-refractivity contribution in [2.24, 2.45) is 0 Å². The van der Waals surface area contributed by atoms with E-state index in [0.717, 1.165) is 47.8 Å². The van der Waals surface area contributed by atoms with E-state index in [2.05, 4.69) is 32.2 Å². The maximum absolute atomic E-state index is 12.3. The van der Waals surface area contributed by atoms with Gasteiger partial charge in [0.1, 0.15) is 5.75 Å². The first kappa shape index (κ1) is 17.8. The fourth-order valence-electron chi connectivity index (χ4n) is 3.12. The highest BCUT2D eigenvalue weighted by atomic mass is 79.9. The Morgan fingerprint density at radius 2 is 1.84 bits per heavy atom. The maximum Gasteiger partial charge on any atom is 0.279 e. The molecule has 25 heavy (non-hydrogen) atoms. The monoisotopic (exact) mass is 404 g/mol. The molecule has 6 heteroatoms. The van der Waals surface area contributed by atoms with Crippen LogP contribution in [0.2, 0.25) is 0 Å².